The zero-order chi connectivity index (χ0) is 12.3. The number of hydrogen-bond acceptors (Lipinski definition) is 3. The molecule has 1 rings (SSSR count). The molecular weight excluding hydrogens is 206 g/mol. The van der Waals surface area contributed by atoms with Gasteiger partial charge in [-0.1, -0.05) is 0 Å². The third-order valence-corrected chi connectivity index (χ3v) is 3.56. The molecule has 1 heterocycles. The highest BCUT2D eigenvalue weighted by atomic mass is 16.5. The molecule has 0 radical (unpaired) electrons. The molecule has 0 amide bonds. The fourth-order valence-electron chi connectivity index (χ4n) is 2.81. The van der Waals surface area contributed by atoms with Gasteiger partial charge in [0.25, 0.3) is 0 Å². The standard InChI is InChI=1S/C12H23NO3/c1-12(2,11(14)15)10(13(3)4)9-5-7-16-8-6-9/h9-10H,5-8H2,1-4H3,(H,14,15). The van der Waals surface area contributed by atoms with Crippen LogP contribution in [0.1, 0.15) is 26.7 Å². The van der Waals surface area contributed by atoms with E-state index < -0.39 is 11.4 Å². The van der Waals surface area contributed by atoms with Crippen LogP contribution in [0.15, 0.2) is 0 Å². The van der Waals surface area contributed by atoms with Gasteiger partial charge in [-0.05, 0) is 46.7 Å². The first-order valence-electron chi connectivity index (χ1n) is 5.85. The van der Waals surface area contributed by atoms with Gasteiger partial charge in [0.1, 0.15) is 0 Å². The Kier molecular flexibility index (Phi) is 4.33. The predicted octanol–water partition coefficient (Wildman–Crippen LogP) is 1.45. The summed E-state index contributed by atoms with van der Waals surface area (Å²) in [5, 5.41) is 9.33. The normalized spacial score (nSPS) is 21.1. The van der Waals surface area contributed by atoms with Gasteiger partial charge in [-0.2, -0.15) is 0 Å². The average molecular weight is 229 g/mol. The molecule has 1 atom stereocenters. The van der Waals surface area contributed by atoms with Crippen LogP contribution in [-0.2, 0) is 9.53 Å². The zero-order valence-electron chi connectivity index (χ0n) is 10.7. The van der Waals surface area contributed by atoms with Gasteiger partial charge < -0.3 is 14.7 Å². The van der Waals surface area contributed by atoms with Crippen LogP contribution < -0.4 is 0 Å². The number of ether oxygens (including phenoxy) is 1. The summed E-state index contributed by atoms with van der Waals surface area (Å²) in [4.78, 5) is 13.4. The van der Waals surface area contributed by atoms with Gasteiger partial charge in [0, 0.05) is 19.3 Å². The lowest BCUT2D eigenvalue weighted by atomic mass is 9.74. The van der Waals surface area contributed by atoms with Crippen molar-refractivity contribution < 1.29 is 14.6 Å². The summed E-state index contributed by atoms with van der Waals surface area (Å²) in [5.74, 6) is -0.312. The van der Waals surface area contributed by atoms with E-state index in [1.54, 1.807) is 0 Å². The topological polar surface area (TPSA) is 49.8 Å². The minimum atomic E-state index is -0.724. The van der Waals surface area contributed by atoms with E-state index in [2.05, 4.69) is 0 Å². The third-order valence-electron chi connectivity index (χ3n) is 3.56. The molecule has 1 aliphatic rings. The molecular formula is C12H23NO3. The van der Waals surface area contributed by atoms with Crippen LogP contribution >= 0.6 is 0 Å². The Labute approximate surface area is 97.6 Å². The van der Waals surface area contributed by atoms with Crippen molar-refractivity contribution in [2.24, 2.45) is 11.3 Å². The maximum atomic E-state index is 11.4. The van der Waals surface area contributed by atoms with Crippen molar-refractivity contribution >= 4 is 5.97 Å². The summed E-state index contributed by atoms with van der Waals surface area (Å²) in [6.07, 6.45) is 1.92. The smallest absolute Gasteiger partial charge is 0.310 e. The van der Waals surface area contributed by atoms with E-state index in [0.717, 1.165) is 26.1 Å². The molecule has 0 aliphatic carbocycles. The van der Waals surface area contributed by atoms with E-state index >= 15 is 0 Å². The number of rotatable bonds is 4. The molecule has 0 aromatic rings. The minimum Gasteiger partial charge on any atom is -0.481 e. The fourth-order valence-corrected chi connectivity index (χ4v) is 2.81. The fraction of sp³-hybridized carbons (Fsp3) is 0.917. The molecule has 0 saturated carbocycles. The van der Waals surface area contributed by atoms with Gasteiger partial charge >= 0.3 is 5.97 Å². The largest absolute Gasteiger partial charge is 0.481 e. The molecule has 4 nitrogen and oxygen atoms in total. The second kappa shape index (κ2) is 5.15. The Bertz CT molecular complexity index is 245. The van der Waals surface area contributed by atoms with E-state index in [1.807, 2.05) is 32.8 Å². The number of aliphatic carboxylic acids is 1. The average Bonchev–Trinajstić information content (AvgIpc) is 2.18. The van der Waals surface area contributed by atoms with Crippen molar-refractivity contribution in [2.75, 3.05) is 27.3 Å². The first kappa shape index (κ1) is 13.5. The molecule has 4 heteroatoms. The van der Waals surface area contributed by atoms with Gasteiger partial charge in [0.15, 0.2) is 0 Å². The SMILES string of the molecule is CN(C)C(C1CCOCC1)C(C)(C)C(=O)O. The molecule has 1 aliphatic heterocycles. The van der Waals surface area contributed by atoms with Gasteiger partial charge in [0.05, 0.1) is 5.41 Å². The summed E-state index contributed by atoms with van der Waals surface area (Å²) in [7, 11) is 3.93. The zero-order valence-corrected chi connectivity index (χ0v) is 10.7. The van der Waals surface area contributed by atoms with Crippen LogP contribution in [0.3, 0.4) is 0 Å². The van der Waals surface area contributed by atoms with Crippen LogP contribution in [0.4, 0.5) is 0 Å². The highest BCUT2D eigenvalue weighted by Crippen LogP contribution is 2.34. The molecule has 0 spiro atoms. The van der Waals surface area contributed by atoms with Crippen molar-refractivity contribution in [3.63, 3.8) is 0 Å². The van der Waals surface area contributed by atoms with E-state index in [0.29, 0.717) is 5.92 Å². The van der Waals surface area contributed by atoms with Gasteiger partial charge in [-0.15, -0.1) is 0 Å². The van der Waals surface area contributed by atoms with Crippen molar-refractivity contribution in [2.45, 2.75) is 32.7 Å². The van der Waals surface area contributed by atoms with Crippen LogP contribution in [0.5, 0.6) is 0 Å². The first-order valence-corrected chi connectivity index (χ1v) is 5.85. The van der Waals surface area contributed by atoms with E-state index in [4.69, 9.17) is 4.74 Å². The molecule has 16 heavy (non-hydrogen) atoms. The lowest BCUT2D eigenvalue weighted by Gasteiger charge is -2.42. The lowest BCUT2D eigenvalue weighted by Crippen LogP contribution is -2.51. The number of carboxylic acids is 1. The van der Waals surface area contributed by atoms with Gasteiger partial charge in [-0.25, -0.2) is 0 Å². The summed E-state index contributed by atoms with van der Waals surface area (Å²) in [6, 6.07) is 0.0638. The molecule has 0 aromatic heterocycles. The summed E-state index contributed by atoms with van der Waals surface area (Å²) in [5.41, 5.74) is -0.717. The van der Waals surface area contributed by atoms with E-state index in [1.165, 1.54) is 0 Å². The monoisotopic (exact) mass is 229 g/mol. The third kappa shape index (κ3) is 2.74. The number of nitrogens with zero attached hydrogens (tertiary/aromatic N) is 1. The first-order chi connectivity index (χ1) is 7.37. The van der Waals surface area contributed by atoms with Crippen molar-refractivity contribution in [3.8, 4) is 0 Å². The van der Waals surface area contributed by atoms with Gasteiger partial charge in [-0.3, -0.25) is 4.79 Å². The number of hydrogen-bond donors (Lipinski definition) is 1. The molecule has 0 bridgehead atoms. The number of carboxylic acid groups (broad SMARTS) is 1. The Balaban J connectivity index is 2.85. The Morgan fingerprint density at radius 3 is 2.25 bits per heavy atom. The summed E-state index contributed by atoms with van der Waals surface area (Å²) < 4.78 is 5.34. The molecule has 1 fully saturated rings. The lowest BCUT2D eigenvalue weighted by molar-refractivity contribution is -0.153. The molecule has 1 unspecified atom stereocenters. The predicted molar refractivity (Wildman–Crippen MR) is 62.4 cm³/mol. The van der Waals surface area contributed by atoms with Crippen molar-refractivity contribution in [3.05, 3.63) is 0 Å². The maximum absolute atomic E-state index is 11.4. The quantitative estimate of drug-likeness (QED) is 0.793. The Morgan fingerprint density at radius 2 is 1.88 bits per heavy atom. The minimum absolute atomic E-state index is 0.0638. The second-order valence-corrected chi connectivity index (χ2v) is 5.39. The van der Waals surface area contributed by atoms with Crippen LogP contribution in [0.2, 0.25) is 0 Å². The van der Waals surface area contributed by atoms with Gasteiger partial charge in [0.2, 0.25) is 0 Å². The van der Waals surface area contributed by atoms with Crippen LogP contribution in [0, 0.1) is 11.3 Å². The summed E-state index contributed by atoms with van der Waals surface area (Å²) in [6.45, 7) is 5.14. The molecule has 1 saturated heterocycles. The Hall–Kier alpha value is -0.610. The number of carbonyl (C=O) groups is 1. The molecule has 94 valence electrons. The molecule has 0 aromatic carbocycles. The van der Waals surface area contributed by atoms with Crippen LogP contribution in [0.25, 0.3) is 0 Å². The maximum Gasteiger partial charge on any atom is 0.310 e. The summed E-state index contributed by atoms with van der Waals surface area (Å²) >= 11 is 0. The highest BCUT2D eigenvalue weighted by molar-refractivity contribution is 5.74. The molecule has 1 N–H and O–H groups in total. The van der Waals surface area contributed by atoms with Crippen LogP contribution in [-0.4, -0.2) is 49.3 Å². The van der Waals surface area contributed by atoms with E-state index in [9.17, 15) is 9.90 Å². The van der Waals surface area contributed by atoms with Crippen molar-refractivity contribution in [1.29, 1.82) is 0 Å². The Morgan fingerprint density at radius 1 is 1.38 bits per heavy atom. The van der Waals surface area contributed by atoms with Crippen molar-refractivity contribution in [1.82, 2.24) is 4.90 Å². The van der Waals surface area contributed by atoms with E-state index in [-0.39, 0.29) is 6.04 Å². The highest BCUT2D eigenvalue weighted by Gasteiger charge is 2.42. The second-order valence-electron chi connectivity index (χ2n) is 5.39.